The number of imidazole rings is 1. The Morgan fingerprint density at radius 3 is 3.14 bits per heavy atom. The summed E-state index contributed by atoms with van der Waals surface area (Å²) in [5.74, 6) is 0. The number of nitrogens with one attached hydrogen (secondary N) is 1. The highest BCUT2D eigenvalue weighted by molar-refractivity contribution is 5.70. The molecule has 0 aliphatic carbocycles. The van der Waals surface area contributed by atoms with Crippen LogP contribution in [0.3, 0.4) is 0 Å². The first-order valence-corrected chi connectivity index (χ1v) is 1.87. The van der Waals surface area contributed by atoms with E-state index in [9.17, 15) is 4.79 Å². The lowest BCUT2D eigenvalue weighted by Crippen LogP contribution is -1.72. The van der Waals surface area contributed by atoms with Gasteiger partial charge >= 0.3 is 0 Å². The summed E-state index contributed by atoms with van der Waals surface area (Å²) < 4.78 is 0. The number of hydrogen-bond donors (Lipinski definition) is 1. The molecule has 0 amide bonds. The maximum absolute atomic E-state index is 9.80. The van der Waals surface area contributed by atoms with Crippen LogP contribution >= 0.6 is 0 Å². The van der Waals surface area contributed by atoms with Gasteiger partial charge in [-0.2, -0.15) is 0 Å². The van der Waals surface area contributed by atoms with Gasteiger partial charge in [-0.15, -0.1) is 0 Å². The van der Waals surface area contributed by atoms with Crippen LogP contribution in [0.4, 0.5) is 0 Å². The van der Waals surface area contributed by atoms with Gasteiger partial charge in [0.2, 0.25) is 0 Å². The topological polar surface area (TPSA) is 45.8 Å². The molecule has 0 aliphatic rings. The van der Waals surface area contributed by atoms with Crippen LogP contribution in [0.2, 0.25) is 0 Å². The summed E-state index contributed by atoms with van der Waals surface area (Å²) in [5, 5.41) is 0. The van der Waals surface area contributed by atoms with Crippen molar-refractivity contribution in [2.24, 2.45) is 0 Å². The minimum Gasteiger partial charge on any atom is -0.342 e. The molecule has 0 aliphatic heterocycles. The number of nitrogens with zero attached hydrogens (tertiary/aromatic N) is 1. The molecule has 1 rings (SSSR count). The molecular formula is C4H6N2O. The van der Waals surface area contributed by atoms with Crippen LogP contribution in [0.5, 0.6) is 0 Å². The third-order valence-corrected chi connectivity index (χ3v) is 0.646. The Hall–Kier alpha value is -1.12. The van der Waals surface area contributed by atoms with E-state index in [1.54, 1.807) is 0 Å². The van der Waals surface area contributed by atoms with Crippen molar-refractivity contribution < 1.29 is 6.22 Å². The van der Waals surface area contributed by atoms with E-state index in [-0.39, 0.29) is 1.43 Å². The number of hydrogen-bond acceptors (Lipinski definition) is 2. The summed E-state index contributed by atoms with van der Waals surface area (Å²) in [7, 11) is 0. The standard InChI is InChI=1S/C4H4N2O.H2/c7-2-4-1-5-3-6-4;/h1-3H,(H,5,6);1H. The van der Waals surface area contributed by atoms with E-state index < -0.39 is 0 Å². The maximum atomic E-state index is 9.80. The van der Waals surface area contributed by atoms with Crippen LogP contribution < -0.4 is 0 Å². The highest BCUT2D eigenvalue weighted by atomic mass is 16.1. The van der Waals surface area contributed by atoms with E-state index >= 15 is 0 Å². The Morgan fingerprint density at radius 1 is 2.00 bits per heavy atom. The van der Waals surface area contributed by atoms with Crippen LogP contribution in [0.15, 0.2) is 12.5 Å². The third kappa shape index (κ3) is 0.652. The quantitative estimate of drug-likeness (QED) is 0.519. The molecule has 0 bridgehead atoms. The summed E-state index contributed by atoms with van der Waals surface area (Å²) in [4.78, 5) is 16.0. The van der Waals surface area contributed by atoms with E-state index in [2.05, 4.69) is 9.97 Å². The SMILES string of the molecule is O=Cc1cnc[nH]1.[HH]. The van der Waals surface area contributed by atoms with E-state index in [0.29, 0.717) is 12.0 Å². The molecule has 1 heterocycles. The molecule has 0 atom stereocenters. The van der Waals surface area contributed by atoms with Gasteiger partial charge in [0.1, 0.15) is 0 Å². The van der Waals surface area contributed by atoms with Gasteiger partial charge in [-0.25, -0.2) is 4.98 Å². The molecule has 0 saturated heterocycles. The van der Waals surface area contributed by atoms with Crippen molar-refractivity contribution >= 4 is 6.29 Å². The first-order chi connectivity index (χ1) is 3.43. The van der Waals surface area contributed by atoms with E-state index in [1.807, 2.05) is 0 Å². The first kappa shape index (κ1) is 4.05. The number of carbonyl (C=O) groups is 1. The average Bonchev–Trinajstić information content (AvgIpc) is 2.14. The van der Waals surface area contributed by atoms with Gasteiger partial charge in [-0.1, -0.05) is 0 Å². The number of H-pyrrole nitrogens is 1. The predicted octanol–water partition coefficient (Wildman–Crippen LogP) is 0.468. The van der Waals surface area contributed by atoms with Crippen LogP contribution in [0, 0.1) is 0 Å². The second-order valence-electron chi connectivity index (χ2n) is 1.12. The van der Waals surface area contributed by atoms with Crippen molar-refractivity contribution in [3.8, 4) is 0 Å². The number of rotatable bonds is 1. The van der Waals surface area contributed by atoms with Gasteiger partial charge in [0.15, 0.2) is 6.29 Å². The van der Waals surface area contributed by atoms with Gasteiger partial charge in [-0.05, 0) is 0 Å². The van der Waals surface area contributed by atoms with Gasteiger partial charge in [-0.3, -0.25) is 4.79 Å². The highest BCUT2D eigenvalue weighted by Gasteiger charge is 1.82. The lowest BCUT2D eigenvalue weighted by Gasteiger charge is -1.67. The number of aromatic nitrogens is 2. The van der Waals surface area contributed by atoms with Gasteiger partial charge in [0.25, 0.3) is 0 Å². The Labute approximate surface area is 41.9 Å². The van der Waals surface area contributed by atoms with Gasteiger partial charge in [0, 0.05) is 1.43 Å². The molecule has 0 saturated carbocycles. The van der Waals surface area contributed by atoms with Crippen LogP contribution in [-0.2, 0) is 0 Å². The largest absolute Gasteiger partial charge is 0.342 e. The number of aromatic amines is 1. The van der Waals surface area contributed by atoms with Crippen molar-refractivity contribution in [3.63, 3.8) is 0 Å². The second-order valence-corrected chi connectivity index (χ2v) is 1.12. The van der Waals surface area contributed by atoms with Gasteiger partial charge in [0.05, 0.1) is 18.2 Å². The normalized spacial score (nSPS) is 8.57. The molecule has 1 aromatic heterocycles. The van der Waals surface area contributed by atoms with Crippen LogP contribution in [-0.4, -0.2) is 16.3 Å². The lowest BCUT2D eigenvalue weighted by atomic mass is 10.6. The number of carbonyl (C=O) groups excluding carboxylic acids is 1. The van der Waals surface area contributed by atoms with Crippen molar-refractivity contribution in [1.29, 1.82) is 0 Å². The fraction of sp³-hybridized carbons (Fsp3) is 0. The predicted molar refractivity (Wildman–Crippen MR) is 26.1 cm³/mol. The highest BCUT2D eigenvalue weighted by Crippen LogP contribution is 1.80. The van der Waals surface area contributed by atoms with Crippen molar-refractivity contribution in [2.45, 2.75) is 0 Å². The summed E-state index contributed by atoms with van der Waals surface area (Å²) in [6.07, 6.45) is 3.64. The summed E-state index contributed by atoms with van der Waals surface area (Å²) >= 11 is 0. The smallest absolute Gasteiger partial charge is 0.167 e. The molecule has 0 spiro atoms. The molecule has 0 radical (unpaired) electrons. The zero-order chi connectivity index (χ0) is 5.11. The molecule has 38 valence electrons. The Morgan fingerprint density at radius 2 is 2.86 bits per heavy atom. The molecule has 1 aromatic rings. The number of aldehydes is 1. The van der Waals surface area contributed by atoms with Crippen molar-refractivity contribution in [3.05, 3.63) is 18.2 Å². The Bertz CT molecular complexity index is 149. The minimum absolute atomic E-state index is 0. The van der Waals surface area contributed by atoms with E-state index in [1.165, 1.54) is 12.5 Å². The monoisotopic (exact) mass is 98.0 g/mol. The molecule has 3 nitrogen and oxygen atoms in total. The third-order valence-electron chi connectivity index (χ3n) is 0.646. The van der Waals surface area contributed by atoms with Crippen LogP contribution in [0.1, 0.15) is 11.9 Å². The lowest BCUT2D eigenvalue weighted by molar-refractivity contribution is 0.111. The Kier molecular flexibility index (Phi) is 0.898. The zero-order valence-electron chi connectivity index (χ0n) is 3.59. The maximum Gasteiger partial charge on any atom is 0.167 e. The molecule has 0 unspecified atom stereocenters. The molecular weight excluding hydrogens is 92.1 g/mol. The van der Waals surface area contributed by atoms with Crippen molar-refractivity contribution in [2.75, 3.05) is 0 Å². The summed E-state index contributed by atoms with van der Waals surface area (Å²) in [6, 6.07) is 0. The average molecular weight is 98.1 g/mol. The van der Waals surface area contributed by atoms with Crippen LogP contribution in [0.25, 0.3) is 0 Å². The molecule has 0 aromatic carbocycles. The first-order valence-electron chi connectivity index (χ1n) is 1.87. The summed E-state index contributed by atoms with van der Waals surface area (Å²) in [6.45, 7) is 0. The fourth-order valence-corrected chi connectivity index (χ4v) is 0.331. The molecule has 7 heavy (non-hydrogen) atoms. The van der Waals surface area contributed by atoms with E-state index in [4.69, 9.17) is 0 Å². The van der Waals surface area contributed by atoms with Gasteiger partial charge < -0.3 is 4.98 Å². The second kappa shape index (κ2) is 1.55. The molecule has 1 N–H and O–H groups in total. The molecule has 3 heteroatoms. The zero-order valence-corrected chi connectivity index (χ0v) is 3.59. The fourth-order valence-electron chi connectivity index (χ4n) is 0.331. The minimum atomic E-state index is 0. The van der Waals surface area contributed by atoms with E-state index in [0.717, 1.165) is 0 Å². The van der Waals surface area contributed by atoms with Crippen molar-refractivity contribution in [1.82, 2.24) is 9.97 Å². The Balaban J connectivity index is 0.000000490. The summed E-state index contributed by atoms with van der Waals surface area (Å²) in [5.41, 5.74) is 0.514. The molecule has 0 fully saturated rings.